The molecule has 1 aliphatic heterocycles. The van der Waals surface area contributed by atoms with Crippen molar-refractivity contribution in [1.82, 2.24) is 9.88 Å². The lowest BCUT2D eigenvalue weighted by Crippen LogP contribution is -2.26. The number of hydrogen-bond donors (Lipinski definition) is 0. The number of sulfonamides is 1. The van der Waals surface area contributed by atoms with Gasteiger partial charge in [0.25, 0.3) is 10.0 Å². The summed E-state index contributed by atoms with van der Waals surface area (Å²) in [5.41, 5.74) is 1.57. The summed E-state index contributed by atoms with van der Waals surface area (Å²) in [5.74, 6) is 0.478. The van der Waals surface area contributed by atoms with Gasteiger partial charge in [0.1, 0.15) is 4.90 Å². The number of aryl methyl sites for hydroxylation is 1. The molecule has 104 valence electrons. The predicted octanol–water partition coefficient (Wildman–Crippen LogP) is 2.03. The third kappa shape index (κ3) is 2.23. The van der Waals surface area contributed by atoms with Crippen LogP contribution in [-0.4, -0.2) is 31.2 Å². The minimum atomic E-state index is -3.56. The monoisotopic (exact) mass is 307 g/mol. The molecule has 0 amide bonds. The Morgan fingerprint density at radius 2 is 2.05 bits per heavy atom. The number of hydrogen-bond acceptors (Lipinski definition) is 5. The standard InChI is InChI=1S/C13H13N3O2S2/c1-9-14-10(8-19-9)7-16(2)13-11-5-3-4-6-12(11)20(17,18)15-13/h3-6,8H,7H2,1-2H3. The van der Waals surface area contributed by atoms with Crippen LogP contribution < -0.4 is 0 Å². The highest BCUT2D eigenvalue weighted by Gasteiger charge is 2.30. The second kappa shape index (κ2) is 4.68. The third-order valence-corrected chi connectivity index (χ3v) is 5.19. The molecule has 0 aliphatic carbocycles. The van der Waals surface area contributed by atoms with E-state index in [-0.39, 0.29) is 4.90 Å². The lowest BCUT2D eigenvalue weighted by molar-refractivity contribution is 0.495. The van der Waals surface area contributed by atoms with E-state index in [0.29, 0.717) is 17.9 Å². The fourth-order valence-corrected chi connectivity index (χ4v) is 4.02. The molecule has 7 heteroatoms. The lowest BCUT2D eigenvalue weighted by Gasteiger charge is -2.17. The zero-order valence-electron chi connectivity index (χ0n) is 11.1. The van der Waals surface area contributed by atoms with Gasteiger partial charge < -0.3 is 4.90 Å². The van der Waals surface area contributed by atoms with Gasteiger partial charge in [-0.25, -0.2) is 4.98 Å². The lowest BCUT2D eigenvalue weighted by atomic mass is 10.2. The summed E-state index contributed by atoms with van der Waals surface area (Å²) >= 11 is 1.58. The molecule has 2 aromatic rings. The summed E-state index contributed by atoms with van der Waals surface area (Å²) in [5, 5.41) is 2.97. The molecule has 2 heterocycles. The molecule has 0 unspecified atom stereocenters. The number of rotatable bonds is 2. The van der Waals surface area contributed by atoms with Crippen molar-refractivity contribution < 1.29 is 8.42 Å². The van der Waals surface area contributed by atoms with E-state index in [9.17, 15) is 8.42 Å². The molecule has 0 atom stereocenters. The summed E-state index contributed by atoms with van der Waals surface area (Å²) in [6, 6.07) is 6.89. The minimum Gasteiger partial charge on any atom is -0.353 e. The number of fused-ring (bicyclic) bond motifs is 1. The van der Waals surface area contributed by atoms with E-state index in [1.807, 2.05) is 30.3 Å². The summed E-state index contributed by atoms with van der Waals surface area (Å²) in [4.78, 5) is 6.48. The number of nitrogens with zero attached hydrogens (tertiary/aromatic N) is 3. The fraction of sp³-hybridized carbons (Fsp3) is 0.231. The molecule has 3 rings (SSSR count). The fourth-order valence-electron chi connectivity index (χ4n) is 2.16. The molecule has 0 spiro atoms. The topological polar surface area (TPSA) is 62.6 Å². The average molecular weight is 307 g/mol. The highest BCUT2D eigenvalue weighted by atomic mass is 32.2. The van der Waals surface area contributed by atoms with Gasteiger partial charge >= 0.3 is 0 Å². The van der Waals surface area contributed by atoms with E-state index >= 15 is 0 Å². The van der Waals surface area contributed by atoms with Crippen LogP contribution in [0.2, 0.25) is 0 Å². The van der Waals surface area contributed by atoms with Crippen LogP contribution in [-0.2, 0) is 16.6 Å². The molecule has 1 aliphatic rings. The molecular formula is C13H13N3O2S2. The van der Waals surface area contributed by atoms with Gasteiger partial charge in [-0.05, 0) is 19.1 Å². The first-order valence-corrected chi connectivity index (χ1v) is 8.36. The highest BCUT2D eigenvalue weighted by Crippen LogP contribution is 2.27. The van der Waals surface area contributed by atoms with Gasteiger partial charge in [-0.1, -0.05) is 12.1 Å². The predicted molar refractivity (Wildman–Crippen MR) is 78.5 cm³/mol. The van der Waals surface area contributed by atoms with E-state index in [2.05, 4.69) is 9.38 Å². The number of thiazole rings is 1. The molecule has 0 saturated heterocycles. The van der Waals surface area contributed by atoms with Crippen molar-refractivity contribution in [3.63, 3.8) is 0 Å². The molecule has 0 fully saturated rings. The Morgan fingerprint density at radius 3 is 2.75 bits per heavy atom. The Labute approximate surface area is 121 Å². The molecule has 5 nitrogen and oxygen atoms in total. The number of aromatic nitrogens is 1. The first-order chi connectivity index (χ1) is 9.47. The van der Waals surface area contributed by atoms with Crippen LogP contribution in [0.1, 0.15) is 16.3 Å². The van der Waals surface area contributed by atoms with Gasteiger partial charge in [-0.2, -0.15) is 8.42 Å². The first-order valence-electron chi connectivity index (χ1n) is 6.04. The average Bonchev–Trinajstić information content (AvgIpc) is 2.92. The van der Waals surface area contributed by atoms with Crippen molar-refractivity contribution in [2.45, 2.75) is 18.4 Å². The maximum absolute atomic E-state index is 12.0. The van der Waals surface area contributed by atoms with Crippen molar-refractivity contribution in [1.29, 1.82) is 0 Å². The molecule has 20 heavy (non-hydrogen) atoms. The SMILES string of the molecule is Cc1nc(CN(C)C2=NS(=O)(=O)c3ccccc32)cs1. The van der Waals surface area contributed by atoms with Crippen LogP contribution >= 0.6 is 11.3 Å². The van der Waals surface area contributed by atoms with Gasteiger partial charge in [0.15, 0.2) is 5.84 Å². The van der Waals surface area contributed by atoms with Crippen LogP contribution in [0, 0.1) is 6.92 Å². The molecule has 1 aromatic heterocycles. The summed E-state index contributed by atoms with van der Waals surface area (Å²) in [6.07, 6.45) is 0. The van der Waals surface area contributed by atoms with Gasteiger partial charge in [0.2, 0.25) is 0 Å². The largest absolute Gasteiger partial charge is 0.353 e. The van der Waals surface area contributed by atoms with Gasteiger partial charge in [-0.3, -0.25) is 0 Å². The van der Waals surface area contributed by atoms with Gasteiger partial charge in [0, 0.05) is 18.0 Å². The van der Waals surface area contributed by atoms with Crippen LogP contribution in [0.15, 0.2) is 38.9 Å². The maximum Gasteiger partial charge on any atom is 0.285 e. The summed E-state index contributed by atoms with van der Waals surface area (Å²) in [6.45, 7) is 2.48. The normalized spacial score (nSPS) is 15.8. The number of amidine groups is 1. The molecule has 0 saturated carbocycles. The molecule has 1 aromatic carbocycles. The van der Waals surface area contributed by atoms with E-state index in [1.165, 1.54) is 0 Å². The van der Waals surface area contributed by atoms with Gasteiger partial charge in [-0.15, -0.1) is 15.7 Å². The Kier molecular flexibility index (Phi) is 3.10. The van der Waals surface area contributed by atoms with Crippen LogP contribution in [0.3, 0.4) is 0 Å². The van der Waals surface area contributed by atoms with Crippen LogP contribution in [0.25, 0.3) is 0 Å². The minimum absolute atomic E-state index is 0.274. The zero-order chi connectivity index (χ0) is 14.3. The second-order valence-electron chi connectivity index (χ2n) is 4.60. The summed E-state index contributed by atoms with van der Waals surface area (Å²) in [7, 11) is -1.73. The van der Waals surface area contributed by atoms with Crippen LogP contribution in [0.4, 0.5) is 0 Å². The third-order valence-electron chi connectivity index (χ3n) is 3.04. The van der Waals surface area contributed by atoms with Crippen molar-refractivity contribution in [2.75, 3.05) is 7.05 Å². The van der Waals surface area contributed by atoms with Crippen LogP contribution in [0.5, 0.6) is 0 Å². The molecule has 0 radical (unpaired) electrons. The summed E-state index contributed by atoms with van der Waals surface area (Å²) < 4.78 is 27.9. The highest BCUT2D eigenvalue weighted by molar-refractivity contribution is 7.90. The smallest absolute Gasteiger partial charge is 0.285 e. The van der Waals surface area contributed by atoms with Crippen molar-refractivity contribution >= 4 is 27.2 Å². The van der Waals surface area contributed by atoms with E-state index in [0.717, 1.165) is 10.7 Å². The Bertz CT molecular complexity index is 793. The Morgan fingerprint density at radius 1 is 1.30 bits per heavy atom. The van der Waals surface area contributed by atoms with E-state index in [4.69, 9.17) is 0 Å². The van der Waals surface area contributed by atoms with Crippen molar-refractivity contribution in [2.24, 2.45) is 4.40 Å². The number of benzene rings is 1. The molecule has 0 N–H and O–H groups in total. The van der Waals surface area contributed by atoms with E-state index < -0.39 is 10.0 Å². The Balaban J connectivity index is 1.95. The Hall–Kier alpha value is -1.73. The second-order valence-corrected chi connectivity index (χ2v) is 7.23. The molecule has 0 bridgehead atoms. The van der Waals surface area contributed by atoms with Gasteiger partial charge in [0.05, 0.1) is 17.2 Å². The molecular weight excluding hydrogens is 294 g/mol. The van der Waals surface area contributed by atoms with E-state index in [1.54, 1.807) is 29.5 Å². The van der Waals surface area contributed by atoms with Crippen molar-refractivity contribution in [3.8, 4) is 0 Å². The maximum atomic E-state index is 12.0. The first kappa shape index (κ1) is 13.3. The quantitative estimate of drug-likeness (QED) is 0.851. The van der Waals surface area contributed by atoms with Crippen molar-refractivity contribution in [3.05, 3.63) is 45.9 Å². The zero-order valence-corrected chi connectivity index (χ0v) is 12.7.